The number of H-pyrrole nitrogens is 1. The second-order valence-electron chi connectivity index (χ2n) is 9.44. The summed E-state index contributed by atoms with van der Waals surface area (Å²) in [6.45, 7) is 4.61. The van der Waals surface area contributed by atoms with Crippen LogP contribution in [0.5, 0.6) is 17.2 Å². The number of carboxylic acid groups (broad SMARTS) is 1. The van der Waals surface area contributed by atoms with Crippen molar-refractivity contribution < 1.29 is 24.1 Å². The minimum Gasteiger partial charge on any atom is -0.493 e. The van der Waals surface area contributed by atoms with E-state index < -0.39 is 11.9 Å². The average Bonchev–Trinajstić information content (AvgIpc) is 3.49. The predicted octanol–water partition coefficient (Wildman–Crippen LogP) is 6.52. The van der Waals surface area contributed by atoms with E-state index in [1.807, 2.05) is 43.3 Å². The van der Waals surface area contributed by atoms with Crippen molar-refractivity contribution in [3.63, 3.8) is 0 Å². The summed E-state index contributed by atoms with van der Waals surface area (Å²) in [4.78, 5) is 20.9. The van der Waals surface area contributed by atoms with Crippen molar-refractivity contribution in [1.29, 1.82) is 0 Å². The summed E-state index contributed by atoms with van der Waals surface area (Å²) in [7, 11) is 1.66. The maximum Gasteiger partial charge on any atom is 0.312 e. The lowest BCUT2D eigenvalue weighted by Crippen LogP contribution is -2.08. The Labute approximate surface area is 220 Å². The molecule has 8 heteroatoms. The van der Waals surface area contributed by atoms with Crippen LogP contribution in [0.4, 0.5) is 0 Å². The maximum atomic E-state index is 11.4. The van der Waals surface area contributed by atoms with Crippen LogP contribution >= 0.6 is 11.3 Å². The molecule has 0 saturated heterocycles. The monoisotopic (exact) mass is 520 g/mol. The van der Waals surface area contributed by atoms with E-state index in [9.17, 15) is 9.90 Å². The van der Waals surface area contributed by atoms with Crippen LogP contribution < -0.4 is 14.2 Å². The second kappa shape index (κ2) is 10.8. The Hall–Kier alpha value is -3.52. The van der Waals surface area contributed by atoms with Gasteiger partial charge in [0, 0.05) is 33.5 Å². The molecule has 1 atom stereocenters. The molecular weight excluding hydrogens is 488 g/mol. The Morgan fingerprint density at radius 2 is 1.92 bits per heavy atom. The molecule has 0 saturated carbocycles. The van der Waals surface area contributed by atoms with Gasteiger partial charge in [-0.3, -0.25) is 4.79 Å². The van der Waals surface area contributed by atoms with Crippen LogP contribution in [-0.4, -0.2) is 41.4 Å². The molecule has 0 radical (unpaired) electrons. The summed E-state index contributed by atoms with van der Waals surface area (Å²) in [5.74, 6) is 0.715. The number of benzene rings is 2. The molecule has 2 aromatic carbocycles. The minimum atomic E-state index is -0.848. The molecule has 0 spiro atoms. The van der Waals surface area contributed by atoms with Crippen LogP contribution in [0.3, 0.4) is 0 Å². The van der Waals surface area contributed by atoms with Crippen molar-refractivity contribution in [2.24, 2.45) is 0 Å². The molecule has 1 aliphatic rings. The predicted molar refractivity (Wildman–Crippen MR) is 145 cm³/mol. The van der Waals surface area contributed by atoms with E-state index in [0.29, 0.717) is 31.1 Å². The van der Waals surface area contributed by atoms with E-state index in [-0.39, 0.29) is 0 Å². The summed E-state index contributed by atoms with van der Waals surface area (Å²) in [5.41, 5.74) is 4.88. The number of aryl methyl sites for hydroxylation is 3. The average molecular weight is 521 g/mol. The first-order chi connectivity index (χ1) is 17.9. The fraction of sp³-hybridized carbons (Fsp3) is 0.379. The number of hydrogen-bond donors (Lipinski definition) is 2. The van der Waals surface area contributed by atoms with E-state index in [1.54, 1.807) is 25.4 Å². The van der Waals surface area contributed by atoms with Crippen molar-refractivity contribution >= 4 is 28.2 Å². The molecule has 0 amide bonds. The highest BCUT2D eigenvalue weighted by molar-refractivity contribution is 7.15. The number of rotatable bonds is 10. The molecule has 5 rings (SSSR count). The zero-order valence-electron chi connectivity index (χ0n) is 21.4. The van der Waals surface area contributed by atoms with Crippen LogP contribution in [0.15, 0.2) is 36.4 Å². The smallest absolute Gasteiger partial charge is 0.312 e. The topological polar surface area (TPSA) is 93.7 Å². The molecule has 1 aliphatic carbocycles. The first kappa shape index (κ1) is 25.1. The molecule has 4 aromatic rings. The number of aromatic amines is 1. The van der Waals surface area contributed by atoms with E-state index in [4.69, 9.17) is 19.2 Å². The van der Waals surface area contributed by atoms with Gasteiger partial charge in [0.15, 0.2) is 11.5 Å². The summed E-state index contributed by atoms with van der Waals surface area (Å²) >= 11 is 1.79. The van der Waals surface area contributed by atoms with Crippen LogP contribution in [0, 0.1) is 6.92 Å². The number of hydrogen-bond acceptors (Lipinski definition) is 6. The minimum absolute atomic E-state index is 0.493. The quantitative estimate of drug-likeness (QED) is 0.231. The molecule has 0 bridgehead atoms. The number of nitrogens with zero attached hydrogens (tertiary/aromatic N) is 1. The van der Waals surface area contributed by atoms with Crippen molar-refractivity contribution in [2.75, 3.05) is 20.3 Å². The highest BCUT2D eigenvalue weighted by atomic mass is 32.1. The number of thiazole rings is 1. The Balaban J connectivity index is 1.17. The van der Waals surface area contributed by atoms with Gasteiger partial charge in [-0.15, -0.1) is 11.3 Å². The summed E-state index contributed by atoms with van der Waals surface area (Å²) in [6, 6.07) is 11.8. The SMILES string of the molecule is COc1cc(-c2nc3c(s2)CCCC3)ccc1OCCCOc1ccc2[nH]c(C(C)C(=O)O)c(C)c2c1. The third kappa shape index (κ3) is 5.30. The van der Waals surface area contributed by atoms with Crippen LogP contribution in [0.25, 0.3) is 21.5 Å². The number of aromatic nitrogens is 2. The van der Waals surface area contributed by atoms with Gasteiger partial charge >= 0.3 is 5.97 Å². The fourth-order valence-electron chi connectivity index (χ4n) is 4.80. The lowest BCUT2D eigenvalue weighted by atomic mass is 10.0. The molecule has 194 valence electrons. The van der Waals surface area contributed by atoms with Crippen molar-refractivity contribution in [3.8, 4) is 27.8 Å². The molecule has 37 heavy (non-hydrogen) atoms. The molecule has 1 unspecified atom stereocenters. The highest BCUT2D eigenvalue weighted by Crippen LogP contribution is 2.37. The van der Waals surface area contributed by atoms with Gasteiger partial charge in [0.05, 0.1) is 31.9 Å². The second-order valence-corrected chi connectivity index (χ2v) is 10.5. The Morgan fingerprint density at radius 3 is 2.70 bits per heavy atom. The Kier molecular flexibility index (Phi) is 7.37. The van der Waals surface area contributed by atoms with Crippen molar-refractivity contribution in [3.05, 3.63) is 58.2 Å². The van der Waals surface area contributed by atoms with Crippen LogP contribution in [0.1, 0.15) is 53.9 Å². The molecule has 7 nitrogen and oxygen atoms in total. The van der Waals surface area contributed by atoms with Gasteiger partial charge in [0.25, 0.3) is 0 Å². The molecule has 2 aromatic heterocycles. The van der Waals surface area contributed by atoms with Crippen molar-refractivity contribution in [2.45, 2.75) is 51.9 Å². The van der Waals surface area contributed by atoms with Gasteiger partial charge in [-0.1, -0.05) is 0 Å². The lowest BCUT2D eigenvalue weighted by molar-refractivity contribution is -0.138. The molecule has 0 aliphatic heterocycles. The number of carbonyl (C=O) groups is 1. The normalized spacial score (nSPS) is 13.8. The molecule has 0 fully saturated rings. The number of carboxylic acids is 1. The molecule has 2 heterocycles. The number of nitrogens with one attached hydrogen (secondary N) is 1. The van der Waals surface area contributed by atoms with Gasteiger partial charge in [-0.25, -0.2) is 4.98 Å². The maximum absolute atomic E-state index is 11.4. The summed E-state index contributed by atoms with van der Waals surface area (Å²) in [6.07, 6.45) is 5.40. The molecular formula is C29H32N2O5S. The van der Waals surface area contributed by atoms with E-state index in [2.05, 4.69) is 4.98 Å². The lowest BCUT2D eigenvalue weighted by Gasteiger charge is -2.12. The number of methoxy groups -OCH3 is 1. The Morgan fingerprint density at radius 1 is 1.11 bits per heavy atom. The summed E-state index contributed by atoms with van der Waals surface area (Å²) in [5, 5.41) is 11.4. The highest BCUT2D eigenvalue weighted by Gasteiger charge is 2.20. The van der Waals surface area contributed by atoms with E-state index in [1.165, 1.54) is 23.4 Å². The van der Waals surface area contributed by atoms with Gasteiger partial charge in [-0.05, 0) is 81.5 Å². The zero-order valence-corrected chi connectivity index (χ0v) is 22.2. The zero-order chi connectivity index (χ0) is 25.9. The first-order valence-electron chi connectivity index (χ1n) is 12.7. The van der Waals surface area contributed by atoms with Gasteiger partial charge < -0.3 is 24.3 Å². The third-order valence-electron chi connectivity index (χ3n) is 6.94. The van der Waals surface area contributed by atoms with Gasteiger partial charge in [0.1, 0.15) is 10.8 Å². The van der Waals surface area contributed by atoms with Gasteiger partial charge in [0.2, 0.25) is 0 Å². The van der Waals surface area contributed by atoms with Crippen LogP contribution in [0.2, 0.25) is 0 Å². The Bertz CT molecular complexity index is 1400. The largest absolute Gasteiger partial charge is 0.493 e. The van der Waals surface area contributed by atoms with Crippen LogP contribution in [-0.2, 0) is 17.6 Å². The summed E-state index contributed by atoms with van der Waals surface area (Å²) < 4.78 is 17.5. The first-order valence-corrected chi connectivity index (χ1v) is 13.5. The number of ether oxygens (including phenoxy) is 3. The fourth-order valence-corrected chi connectivity index (χ4v) is 5.95. The standard InChI is InChI=1S/C29H32N2O5S/c1-17-21-16-20(10-11-22(21)30-27(17)18(2)29(32)33)35-13-6-14-36-24-12-9-19(15-25(24)34-3)28-31-23-7-4-5-8-26(23)37-28/h9-12,15-16,18,30H,4-8,13-14H2,1-3H3,(H,32,33). The molecule has 2 N–H and O–H groups in total. The van der Waals surface area contributed by atoms with Crippen molar-refractivity contribution in [1.82, 2.24) is 9.97 Å². The van der Waals surface area contributed by atoms with E-state index in [0.717, 1.165) is 51.3 Å². The third-order valence-corrected chi connectivity index (χ3v) is 8.15. The van der Waals surface area contributed by atoms with Gasteiger partial charge in [-0.2, -0.15) is 0 Å². The number of aliphatic carboxylic acids is 1. The van der Waals surface area contributed by atoms with E-state index >= 15 is 0 Å². The number of fused-ring (bicyclic) bond motifs is 2.